The molecule has 0 saturated carbocycles. The number of likely N-dealkylation sites (tertiary alicyclic amines) is 1. The summed E-state index contributed by atoms with van der Waals surface area (Å²) in [6.07, 6.45) is 1.40. The fourth-order valence-corrected chi connectivity index (χ4v) is 2.80. The van der Waals surface area contributed by atoms with E-state index in [4.69, 9.17) is 0 Å². The maximum absolute atomic E-state index is 12.3. The normalized spacial score (nSPS) is 16.7. The maximum Gasteiger partial charge on any atom is 0.326 e. The number of amides is 2. The first-order valence-corrected chi connectivity index (χ1v) is 7.80. The Morgan fingerprint density at radius 1 is 1.22 bits per heavy atom. The lowest BCUT2D eigenvalue weighted by atomic mass is 9.95. The molecular weight excluding hydrogens is 296 g/mol. The van der Waals surface area contributed by atoms with Crippen molar-refractivity contribution >= 4 is 17.8 Å². The van der Waals surface area contributed by atoms with Crippen LogP contribution in [0.25, 0.3) is 0 Å². The van der Waals surface area contributed by atoms with Gasteiger partial charge in [-0.2, -0.15) is 0 Å². The molecule has 1 aliphatic rings. The molecule has 1 aliphatic heterocycles. The number of hydrogen-bond donors (Lipinski definition) is 2. The first-order chi connectivity index (χ1) is 11.0. The first-order valence-electron chi connectivity index (χ1n) is 7.80. The van der Waals surface area contributed by atoms with Crippen molar-refractivity contribution in [1.29, 1.82) is 0 Å². The molecule has 124 valence electrons. The van der Waals surface area contributed by atoms with Gasteiger partial charge in [0.25, 0.3) is 0 Å². The monoisotopic (exact) mass is 318 g/mol. The summed E-state index contributed by atoms with van der Waals surface area (Å²) in [4.78, 5) is 36.7. The van der Waals surface area contributed by atoms with E-state index in [-0.39, 0.29) is 24.2 Å². The molecule has 1 aromatic carbocycles. The van der Waals surface area contributed by atoms with Crippen molar-refractivity contribution in [2.45, 2.75) is 32.2 Å². The summed E-state index contributed by atoms with van der Waals surface area (Å²) in [5.41, 5.74) is 0.867. The summed E-state index contributed by atoms with van der Waals surface area (Å²) in [7, 11) is 0. The fourth-order valence-electron chi connectivity index (χ4n) is 2.80. The number of benzene rings is 1. The largest absolute Gasteiger partial charge is 0.480 e. The molecule has 0 radical (unpaired) electrons. The smallest absolute Gasteiger partial charge is 0.326 e. The van der Waals surface area contributed by atoms with Gasteiger partial charge in [-0.05, 0) is 18.4 Å². The van der Waals surface area contributed by atoms with Crippen molar-refractivity contribution in [1.82, 2.24) is 10.2 Å². The molecule has 2 amide bonds. The predicted molar refractivity (Wildman–Crippen MR) is 84.7 cm³/mol. The topological polar surface area (TPSA) is 86.7 Å². The first kappa shape index (κ1) is 17.0. The van der Waals surface area contributed by atoms with Gasteiger partial charge in [-0.3, -0.25) is 9.59 Å². The van der Waals surface area contributed by atoms with Crippen LogP contribution in [0.4, 0.5) is 0 Å². The number of carboxylic acids is 1. The van der Waals surface area contributed by atoms with E-state index in [1.165, 1.54) is 6.92 Å². The van der Waals surface area contributed by atoms with Crippen molar-refractivity contribution in [2.24, 2.45) is 5.92 Å². The Kier molecular flexibility index (Phi) is 5.73. The molecule has 0 aliphatic carbocycles. The van der Waals surface area contributed by atoms with E-state index in [2.05, 4.69) is 5.32 Å². The minimum atomic E-state index is -1.04. The third-order valence-electron chi connectivity index (χ3n) is 4.21. The zero-order valence-corrected chi connectivity index (χ0v) is 13.2. The number of piperidine rings is 1. The van der Waals surface area contributed by atoms with Gasteiger partial charge in [-0.15, -0.1) is 0 Å². The molecule has 2 N–H and O–H groups in total. The molecule has 1 saturated heterocycles. The van der Waals surface area contributed by atoms with Gasteiger partial charge in [0.05, 0.1) is 0 Å². The van der Waals surface area contributed by atoms with Crippen LogP contribution in [0.3, 0.4) is 0 Å². The standard InChI is InChI=1S/C17H22N2O4/c1-12(20)19-9-7-14(8-10-19)16(21)18-15(17(22)23)11-13-5-3-2-4-6-13/h2-6,14-15H,7-11H2,1H3,(H,18,21)(H,22,23)/t15-/m0/s1. The number of carbonyl (C=O) groups is 3. The Balaban J connectivity index is 1.91. The van der Waals surface area contributed by atoms with Gasteiger partial charge < -0.3 is 15.3 Å². The van der Waals surface area contributed by atoms with Gasteiger partial charge in [0, 0.05) is 32.4 Å². The number of carbonyl (C=O) groups excluding carboxylic acids is 2. The van der Waals surface area contributed by atoms with Crippen LogP contribution in [0, 0.1) is 5.92 Å². The molecule has 23 heavy (non-hydrogen) atoms. The summed E-state index contributed by atoms with van der Waals surface area (Å²) >= 11 is 0. The maximum atomic E-state index is 12.3. The molecule has 1 atom stereocenters. The second kappa shape index (κ2) is 7.76. The zero-order chi connectivity index (χ0) is 16.8. The number of nitrogens with one attached hydrogen (secondary N) is 1. The van der Waals surface area contributed by atoms with Crippen LogP contribution in [-0.4, -0.2) is 46.9 Å². The third-order valence-corrected chi connectivity index (χ3v) is 4.21. The van der Waals surface area contributed by atoms with Gasteiger partial charge in [-0.1, -0.05) is 30.3 Å². The van der Waals surface area contributed by atoms with Gasteiger partial charge in [0.2, 0.25) is 11.8 Å². The van der Waals surface area contributed by atoms with E-state index in [0.717, 1.165) is 5.56 Å². The number of nitrogens with zero attached hydrogens (tertiary/aromatic N) is 1. The highest BCUT2D eigenvalue weighted by molar-refractivity contribution is 5.85. The van der Waals surface area contributed by atoms with Crippen LogP contribution in [0.15, 0.2) is 30.3 Å². The second-order valence-corrected chi connectivity index (χ2v) is 5.87. The van der Waals surface area contributed by atoms with E-state index in [0.29, 0.717) is 25.9 Å². The molecule has 0 unspecified atom stereocenters. The van der Waals surface area contributed by atoms with Crippen LogP contribution >= 0.6 is 0 Å². The van der Waals surface area contributed by atoms with Crippen LogP contribution in [0.2, 0.25) is 0 Å². The van der Waals surface area contributed by atoms with E-state index >= 15 is 0 Å². The summed E-state index contributed by atoms with van der Waals surface area (Å²) < 4.78 is 0. The molecule has 0 spiro atoms. The Labute approximate surface area is 135 Å². The Hall–Kier alpha value is -2.37. The lowest BCUT2D eigenvalue weighted by Crippen LogP contribution is -2.48. The Morgan fingerprint density at radius 2 is 1.83 bits per heavy atom. The van der Waals surface area contributed by atoms with Gasteiger partial charge in [0.1, 0.15) is 6.04 Å². The number of rotatable bonds is 5. The summed E-state index contributed by atoms with van der Waals surface area (Å²) in [5.74, 6) is -1.50. The molecule has 6 nitrogen and oxygen atoms in total. The Bertz CT molecular complexity index is 565. The lowest BCUT2D eigenvalue weighted by molar-refractivity contribution is -0.142. The van der Waals surface area contributed by atoms with Crippen molar-refractivity contribution < 1.29 is 19.5 Å². The molecule has 6 heteroatoms. The van der Waals surface area contributed by atoms with E-state index in [1.54, 1.807) is 4.90 Å². The summed E-state index contributed by atoms with van der Waals surface area (Å²) in [6.45, 7) is 2.61. The highest BCUT2D eigenvalue weighted by Crippen LogP contribution is 2.18. The summed E-state index contributed by atoms with van der Waals surface area (Å²) in [6, 6.07) is 8.29. The average molecular weight is 318 g/mol. The minimum Gasteiger partial charge on any atom is -0.480 e. The van der Waals surface area contributed by atoms with Crippen LogP contribution < -0.4 is 5.32 Å². The zero-order valence-electron chi connectivity index (χ0n) is 13.2. The van der Waals surface area contributed by atoms with Gasteiger partial charge in [-0.25, -0.2) is 4.79 Å². The lowest BCUT2D eigenvalue weighted by Gasteiger charge is -2.31. The van der Waals surface area contributed by atoms with E-state index < -0.39 is 12.0 Å². The highest BCUT2D eigenvalue weighted by Gasteiger charge is 2.29. The molecule has 0 bridgehead atoms. The molecular formula is C17H22N2O4. The van der Waals surface area contributed by atoms with Crippen molar-refractivity contribution in [3.05, 3.63) is 35.9 Å². The number of hydrogen-bond acceptors (Lipinski definition) is 3. The van der Waals surface area contributed by atoms with Crippen molar-refractivity contribution in [3.8, 4) is 0 Å². The molecule has 1 aromatic rings. The van der Waals surface area contributed by atoms with Crippen molar-refractivity contribution in [3.63, 3.8) is 0 Å². The van der Waals surface area contributed by atoms with Crippen LogP contribution in [0.5, 0.6) is 0 Å². The van der Waals surface area contributed by atoms with Crippen molar-refractivity contribution in [2.75, 3.05) is 13.1 Å². The molecule has 1 fully saturated rings. The average Bonchev–Trinajstić information content (AvgIpc) is 2.55. The molecule has 1 heterocycles. The van der Waals surface area contributed by atoms with E-state index in [1.807, 2.05) is 30.3 Å². The second-order valence-electron chi connectivity index (χ2n) is 5.87. The predicted octanol–water partition coefficient (Wildman–Crippen LogP) is 1.06. The van der Waals surface area contributed by atoms with Gasteiger partial charge >= 0.3 is 5.97 Å². The Morgan fingerprint density at radius 3 is 2.35 bits per heavy atom. The quantitative estimate of drug-likeness (QED) is 0.850. The fraction of sp³-hybridized carbons (Fsp3) is 0.471. The number of aliphatic carboxylic acids is 1. The third kappa shape index (κ3) is 4.81. The highest BCUT2D eigenvalue weighted by atomic mass is 16.4. The summed E-state index contributed by atoms with van der Waals surface area (Å²) in [5, 5.41) is 12.0. The minimum absolute atomic E-state index is 0.0105. The number of carboxylic acid groups (broad SMARTS) is 1. The molecule has 0 aromatic heterocycles. The van der Waals surface area contributed by atoms with Crippen LogP contribution in [0.1, 0.15) is 25.3 Å². The van der Waals surface area contributed by atoms with Crippen LogP contribution in [-0.2, 0) is 20.8 Å². The van der Waals surface area contributed by atoms with Gasteiger partial charge in [0.15, 0.2) is 0 Å². The molecule has 2 rings (SSSR count). The van der Waals surface area contributed by atoms with E-state index in [9.17, 15) is 19.5 Å². The SMILES string of the molecule is CC(=O)N1CCC(C(=O)N[C@@H](Cc2ccccc2)C(=O)O)CC1.